The van der Waals surface area contributed by atoms with Gasteiger partial charge in [-0.3, -0.25) is 0 Å². The van der Waals surface area contributed by atoms with Crippen molar-refractivity contribution >= 4 is 0 Å². The standard InChI is InChI=1S/C12H25/c1-5-7-8-9-12(6-2)10-11(3)4/h12H,5-10H2,1-4H3. The molecule has 0 fully saturated rings. The fraction of sp³-hybridized carbons (Fsp3) is 0.917. The molecular weight excluding hydrogens is 144 g/mol. The van der Waals surface area contributed by atoms with E-state index in [1.54, 1.807) is 5.92 Å². The van der Waals surface area contributed by atoms with Gasteiger partial charge in [0, 0.05) is 0 Å². The van der Waals surface area contributed by atoms with Crippen molar-refractivity contribution in [2.45, 2.75) is 66.2 Å². The average Bonchev–Trinajstić information content (AvgIpc) is 2.02. The zero-order valence-corrected chi connectivity index (χ0v) is 9.32. The van der Waals surface area contributed by atoms with Gasteiger partial charge < -0.3 is 0 Å². The Labute approximate surface area is 78.8 Å². The molecule has 0 aromatic heterocycles. The summed E-state index contributed by atoms with van der Waals surface area (Å²) in [5.74, 6) is 2.56. The summed E-state index contributed by atoms with van der Waals surface area (Å²) in [6.45, 7) is 9.10. The highest BCUT2D eigenvalue weighted by atomic mass is 14.1. The van der Waals surface area contributed by atoms with Crippen LogP contribution in [0.25, 0.3) is 0 Å². The second-order valence-electron chi connectivity index (χ2n) is 4.18. The fourth-order valence-electron chi connectivity index (χ4n) is 1.71. The summed E-state index contributed by atoms with van der Waals surface area (Å²) >= 11 is 0. The molecule has 0 rings (SSSR count). The highest BCUT2D eigenvalue weighted by Crippen LogP contribution is 2.22. The number of unbranched alkanes of at least 4 members (excludes halogenated alkanes) is 2. The van der Waals surface area contributed by atoms with Crippen molar-refractivity contribution in [3.8, 4) is 0 Å². The SMILES string of the molecule is CCCCCC(CC)C[C](C)C. The zero-order chi connectivity index (χ0) is 9.40. The summed E-state index contributed by atoms with van der Waals surface area (Å²) < 4.78 is 0. The first-order chi connectivity index (χ1) is 5.70. The van der Waals surface area contributed by atoms with Gasteiger partial charge in [0.25, 0.3) is 0 Å². The van der Waals surface area contributed by atoms with Crippen LogP contribution in [0.15, 0.2) is 0 Å². The van der Waals surface area contributed by atoms with Gasteiger partial charge in [-0.05, 0) is 18.3 Å². The van der Waals surface area contributed by atoms with E-state index in [0.29, 0.717) is 0 Å². The smallest absolute Gasteiger partial charge is 0.0300 e. The molecule has 0 aliphatic rings. The van der Waals surface area contributed by atoms with Crippen LogP contribution < -0.4 is 0 Å². The van der Waals surface area contributed by atoms with Gasteiger partial charge in [-0.25, -0.2) is 0 Å². The van der Waals surface area contributed by atoms with Crippen molar-refractivity contribution < 1.29 is 0 Å². The van der Waals surface area contributed by atoms with E-state index in [9.17, 15) is 0 Å². The van der Waals surface area contributed by atoms with Crippen molar-refractivity contribution in [3.63, 3.8) is 0 Å². The molecule has 0 aliphatic heterocycles. The summed E-state index contributed by atoms with van der Waals surface area (Å²) in [5, 5.41) is 0. The molecule has 0 amide bonds. The summed E-state index contributed by atoms with van der Waals surface area (Å²) in [5.41, 5.74) is 0. The summed E-state index contributed by atoms with van der Waals surface area (Å²) in [7, 11) is 0. The highest BCUT2D eigenvalue weighted by Gasteiger charge is 2.07. The normalized spacial score (nSPS) is 13.8. The van der Waals surface area contributed by atoms with Crippen molar-refractivity contribution in [3.05, 3.63) is 5.92 Å². The first-order valence-corrected chi connectivity index (χ1v) is 5.49. The zero-order valence-electron chi connectivity index (χ0n) is 9.32. The molecule has 0 saturated carbocycles. The van der Waals surface area contributed by atoms with Crippen LogP contribution in [-0.4, -0.2) is 0 Å². The molecule has 0 heterocycles. The van der Waals surface area contributed by atoms with Crippen LogP contribution in [0.2, 0.25) is 0 Å². The van der Waals surface area contributed by atoms with Gasteiger partial charge in [-0.1, -0.05) is 59.8 Å². The maximum Gasteiger partial charge on any atom is -0.0300 e. The Kier molecular flexibility index (Phi) is 7.64. The average molecular weight is 169 g/mol. The predicted molar refractivity (Wildman–Crippen MR) is 57.1 cm³/mol. The van der Waals surface area contributed by atoms with Gasteiger partial charge in [0.15, 0.2) is 0 Å². The minimum absolute atomic E-state index is 0.960. The van der Waals surface area contributed by atoms with Crippen LogP contribution in [0, 0.1) is 11.8 Å². The van der Waals surface area contributed by atoms with Crippen LogP contribution in [-0.2, 0) is 0 Å². The van der Waals surface area contributed by atoms with Crippen LogP contribution >= 0.6 is 0 Å². The van der Waals surface area contributed by atoms with Gasteiger partial charge in [0.1, 0.15) is 0 Å². The second-order valence-corrected chi connectivity index (χ2v) is 4.18. The Hall–Kier alpha value is 0. The van der Waals surface area contributed by atoms with Crippen LogP contribution in [0.1, 0.15) is 66.2 Å². The van der Waals surface area contributed by atoms with Crippen molar-refractivity contribution in [1.29, 1.82) is 0 Å². The van der Waals surface area contributed by atoms with Crippen molar-refractivity contribution in [1.82, 2.24) is 0 Å². The van der Waals surface area contributed by atoms with Crippen molar-refractivity contribution in [2.24, 2.45) is 5.92 Å². The number of hydrogen-bond acceptors (Lipinski definition) is 0. The van der Waals surface area contributed by atoms with E-state index in [-0.39, 0.29) is 0 Å². The van der Waals surface area contributed by atoms with E-state index >= 15 is 0 Å². The van der Waals surface area contributed by atoms with Gasteiger partial charge >= 0.3 is 0 Å². The molecule has 1 atom stereocenters. The van der Waals surface area contributed by atoms with E-state index in [1.807, 2.05) is 0 Å². The first kappa shape index (κ1) is 12.0. The first-order valence-electron chi connectivity index (χ1n) is 5.49. The summed E-state index contributed by atoms with van der Waals surface area (Å²) in [6.07, 6.45) is 8.34. The molecule has 1 unspecified atom stereocenters. The largest absolute Gasteiger partial charge is 0.0654 e. The third-order valence-electron chi connectivity index (χ3n) is 2.49. The van der Waals surface area contributed by atoms with Crippen molar-refractivity contribution in [2.75, 3.05) is 0 Å². The summed E-state index contributed by atoms with van der Waals surface area (Å²) in [6, 6.07) is 0. The Balaban J connectivity index is 3.39. The van der Waals surface area contributed by atoms with E-state index in [4.69, 9.17) is 0 Å². The lowest BCUT2D eigenvalue weighted by Gasteiger charge is -2.16. The third kappa shape index (κ3) is 6.69. The van der Waals surface area contributed by atoms with Gasteiger partial charge in [-0.2, -0.15) is 0 Å². The molecule has 0 bridgehead atoms. The third-order valence-corrected chi connectivity index (χ3v) is 2.49. The van der Waals surface area contributed by atoms with Crippen LogP contribution in [0.5, 0.6) is 0 Å². The molecule has 0 aromatic carbocycles. The van der Waals surface area contributed by atoms with Crippen LogP contribution in [0.3, 0.4) is 0 Å². The van der Waals surface area contributed by atoms with Gasteiger partial charge in [0.2, 0.25) is 0 Å². The molecule has 0 aliphatic carbocycles. The molecule has 0 nitrogen and oxygen atoms in total. The van der Waals surface area contributed by atoms with E-state index in [2.05, 4.69) is 27.7 Å². The molecule has 0 spiro atoms. The Morgan fingerprint density at radius 3 is 2.17 bits per heavy atom. The minimum atomic E-state index is 0.960. The molecule has 0 aromatic rings. The number of rotatable bonds is 7. The fourth-order valence-corrected chi connectivity index (χ4v) is 1.71. The Morgan fingerprint density at radius 1 is 1.08 bits per heavy atom. The van der Waals surface area contributed by atoms with E-state index < -0.39 is 0 Å². The monoisotopic (exact) mass is 169 g/mol. The highest BCUT2D eigenvalue weighted by molar-refractivity contribution is 4.80. The Morgan fingerprint density at radius 2 is 1.75 bits per heavy atom. The lowest BCUT2D eigenvalue weighted by atomic mass is 9.90. The quantitative estimate of drug-likeness (QED) is 0.489. The molecule has 0 saturated heterocycles. The topological polar surface area (TPSA) is 0 Å². The second kappa shape index (κ2) is 7.64. The molecular formula is C12H25. The molecule has 12 heavy (non-hydrogen) atoms. The summed E-state index contributed by atoms with van der Waals surface area (Å²) in [4.78, 5) is 0. The predicted octanol–water partition coefficient (Wildman–Crippen LogP) is 4.60. The molecule has 0 N–H and O–H groups in total. The Bertz CT molecular complexity index is 84.0. The molecule has 0 heteroatoms. The maximum absolute atomic E-state index is 2.32. The van der Waals surface area contributed by atoms with E-state index in [1.165, 1.54) is 38.5 Å². The molecule has 1 radical (unpaired) electrons. The van der Waals surface area contributed by atoms with Gasteiger partial charge in [0.05, 0.1) is 0 Å². The lowest BCUT2D eigenvalue weighted by molar-refractivity contribution is 0.425. The molecule has 73 valence electrons. The van der Waals surface area contributed by atoms with E-state index in [0.717, 1.165) is 5.92 Å². The number of hydrogen-bond donors (Lipinski definition) is 0. The maximum atomic E-state index is 2.32. The van der Waals surface area contributed by atoms with Gasteiger partial charge in [-0.15, -0.1) is 0 Å². The van der Waals surface area contributed by atoms with Crippen LogP contribution in [0.4, 0.5) is 0 Å². The lowest BCUT2D eigenvalue weighted by Crippen LogP contribution is -2.02. The minimum Gasteiger partial charge on any atom is -0.0654 e.